The molecule has 2 aliphatic rings. The second kappa shape index (κ2) is 14.9. The summed E-state index contributed by atoms with van der Waals surface area (Å²) in [5, 5.41) is 31.7. The van der Waals surface area contributed by atoms with Crippen LogP contribution in [0.15, 0.2) is 24.3 Å². The van der Waals surface area contributed by atoms with Crippen LogP contribution in [0, 0.1) is 6.92 Å². The number of carboxylic acid groups (broad SMARTS) is 2. The largest absolute Gasteiger partial charge is 0.483 e. The van der Waals surface area contributed by atoms with Crippen molar-refractivity contribution in [3.05, 3.63) is 35.5 Å². The van der Waals surface area contributed by atoms with Crippen molar-refractivity contribution in [3.8, 4) is 5.75 Å². The van der Waals surface area contributed by atoms with E-state index < -0.39 is 67.0 Å². The van der Waals surface area contributed by atoms with Crippen LogP contribution >= 0.6 is 0 Å². The van der Waals surface area contributed by atoms with Crippen LogP contribution in [0.3, 0.4) is 0 Å². The summed E-state index contributed by atoms with van der Waals surface area (Å²) in [6.45, 7) is 3.70. The van der Waals surface area contributed by atoms with Crippen molar-refractivity contribution in [3.63, 3.8) is 0 Å². The minimum atomic E-state index is -1.25. The highest BCUT2D eigenvalue weighted by molar-refractivity contribution is 5.99. The molecule has 3 atom stereocenters. The van der Waals surface area contributed by atoms with Crippen LogP contribution in [0.1, 0.15) is 42.2 Å². The Morgan fingerprint density at radius 3 is 2.39 bits per heavy atom. The predicted molar refractivity (Wildman–Crippen MR) is 159 cm³/mol. The van der Waals surface area contributed by atoms with E-state index in [9.17, 15) is 44.1 Å². The van der Waals surface area contributed by atoms with Crippen molar-refractivity contribution < 1.29 is 53.6 Å². The SMILES string of the molecule is CCOC(=O)N1CCN(C(=O)[C@H](CCC(=O)O)NC(=O)c2cc(OCC(=O)N3C[C@H](O)C[C@@H]3C(=O)O)c3ccc(C)cc3n2)CC1. The number of aliphatic carboxylic acids is 2. The van der Waals surface area contributed by atoms with Gasteiger partial charge in [-0.15, -0.1) is 0 Å². The molecule has 46 heavy (non-hydrogen) atoms. The number of aromatic nitrogens is 1. The summed E-state index contributed by atoms with van der Waals surface area (Å²) in [6.07, 6.45) is -2.19. The van der Waals surface area contributed by atoms with Gasteiger partial charge in [-0.3, -0.25) is 19.2 Å². The Bertz CT molecular complexity index is 1510. The number of hydrogen-bond donors (Lipinski definition) is 4. The third-order valence-electron chi connectivity index (χ3n) is 7.76. The summed E-state index contributed by atoms with van der Waals surface area (Å²) in [7, 11) is 0. The number of nitrogens with zero attached hydrogens (tertiary/aromatic N) is 4. The second-order valence-electron chi connectivity index (χ2n) is 11.1. The molecule has 0 aliphatic carbocycles. The number of hydrogen-bond acceptors (Lipinski definition) is 10. The number of rotatable bonds is 11. The number of nitrogens with one attached hydrogen (secondary N) is 1. The highest BCUT2D eigenvalue weighted by Gasteiger charge is 2.39. The zero-order chi connectivity index (χ0) is 33.5. The lowest BCUT2D eigenvalue weighted by atomic mass is 10.1. The molecule has 4 N–H and O–H groups in total. The number of carbonyl (C=O) groups excluding carboxylic acids is 4. The molecule has 16 nitrogen and oxygen atoms in total. The maximum Gasteiger partial charge on any atom is 0.409 e. The van der Waals surface area contributed by atoms with Gasteiger partial charge in [0.05, 0.1) is 18.2 Å². The van der Waals surface area contributed by atoms with Crippen molar-refractivity contribution in [2.45, 2.75) is 51.3 Å². The van der Waals surface area contributed by atoms with E-state index in [0.717, 1.165) is 10.5 Å². The highest BCUT2D eigenvalue weighted by atomic mass is 16.6. The quantitative estimate of drug-likeness (QED) is 0.259. The van der Waals surface area contributed by atoms with Gasteiger partial charge in [0, 0.05) is 57.0 Å². The Morgan fingerprint density at radius 1 is 1.04 bits per heavy atom. The number of aliphatic hydroxyl groups is 1. The van der Waals surface area contributed by atoms with E-state index in [1.165, 1.54) is 15.9 Å². The number of likely N-dealkylation sites (tertiary alicyclic amines) is 1. The van der Waals surface area contributed by atoms with E-state index in [0.29, 0.717) is 10.9 Å². The fourth-order valence-corrected chi connectivity index (χ4v) is 5.39. The van der Waals surface area contributed by atoms with Crippen LogP contribution in [-0.2, 0) is 23.9 Å². The topological polar surface area (TPSA) is 216 Å². The van der Waals surface area contributed by atoms with Gasteiger partial charge in [0.25, 0.3) is 11.8 Å². The number of carbonyl (C=O) groups is 6. The number of piperazine rings is 1. The van der Waals surface area contributed by atoms with E-state index in [2.05, 4.69) is 10.3 Å². The van der Waals surface area contributed by atoms with Crippen LogP contribution in [0.2, 0.25) is 0 Å². The summed E-state index contributed by atoms with van der Waals surface area (Å²) in [6, 6.07) is 4.02. The summed E-state index contributed by atoms with van der Waals surface area (Å²) in [5.74, 6) is -4.29. The third kappa shape index (κ3) is 8.18. The molecule has 0 saturated carbocycles. The first kappa shape index (κ1) is 33.9. The standard InChI is InChI=1S/C30H37N5O11/c1-3-45-30(44)34-10-8-33(9-11-34)28(41)20(6-7-26(38)39)32-27(40)22-14-24(19-5-4-17(2)12-21(19)31-22)46-16-25(37)35-15-18(36)13-23(35)29(42)43/h4-5,12,14,18,20,23,36H,3,6-11,13,15-16H2,1-2H3,(H,32,40)(H,38,39)(H,42,43)/t18-,20+,23-/m1/s1. The van der Waals surface area contributed by atoms with Crippen molar-refractivity contribution in [2.24, 2.45) is 0 Å². The summed E-state index contributed by atoms with van der Waals surface area (Å²) >= 11 is 0. The van der Waals surface area contributed by atoms with Gasteiger partial charge in [-0.05, 0) is 38.0 Å². The number of carboxylic acids is 2. The minimum Gasteiger partial charge on any atom is -0.483 e. The van der Waals surface area contributed by atoms with Crippen LogP contribution in [0.25, 0.3) is 10.9 Å². The van der Waals surface area contributed by atoms with E-state index in [4.69, 9.17) is 9.47 Å². The van der Waals surface area contributed by atoms with Gasteiger partial charge in [0.2, 0.25) is 5.91 Å². The lowest BCUT2D eigenvalue weighted by molar-refractivity contribution is -0.149. The zero-order valence-corrected chi connectivity index (χ0v) is 25.5. The van der Waals surface area contributed by atoms with E-state index in [1.54, 1.807) is 25.1 Å². The van der Waals surface area contributed by atoms with Crippen molar-refractivity contribution in [2.75, 3.05) is 45.9 Å². The number of β-amino-alcohol motifs (C(OH)–C–C–N with tert-alkyl or cyclic N) is 1. The number of fused-ring (bicyclic) bond motifs is 1. The molecule has 3 heterocycles. The average Bonchev–Trinajstić information content (AvgIpc) is 3.43. The van der Waals surface area contributed by atoms with Gasteiger partial charge in [-0.1, -0.05) is 6.07 Å². The van der Waals surface area contributed by atoms with E-state index >= 15 is 0 Å². The van der Waals surface area contributed by atoms with Crippen LogP contribution in [0.4, 0.5) is 4.79 Å². The maximum absolute atomic E-state index is 13.5. The molecule has 2 fully saturated rings. The average molecular weight is 644 g/mol. The zero-order valence-electron chi connectivity index (χ0n) is 25.5. The van der Waals surface area contributed by atoms with Crippen molar-refractivity contribution >= 4 is 46.7 Å². The molecule has 248 valence electrons. The fraction of sp³-hybridized carbons (Fsp3) is 0.500. The Balaban J connectivity index is 1.53. The third-order valence-corrected chi connectivity index (χ3v) is 7.76. The second-order valence-corrected chi connectivity index (χ2v) is 11.1. The van der Waals surface area contributed by atoms with Crippen molar-refractivity contribution in [1.29, 1.82) is 0 Å². The highest BCUT2D eigenvalue weighted by Crippen LogP contribution is 2.27. The Morgan fingerprint density at radius 2 is 1.74 bits per heavy atom. The number of benzene rings is 1. The van der Waals surface area contributed by atoms with E-state index in [-0.39, 0.29) is 63.6 Å². The minimum absolute atomic E-state index is 0.0959. The van der Waals surface area contributed by atoms with Gasteiger partial charge in [0.1, 0.15) is 23.5 Å². The van der Waals surface area contributed by atoms with E-state index in [1.807, 2.05) is 6.92 Å². The lowest BCUT2D eigenvalue weighted by Crippen LogP contribution is -2.56. The first-order valence-corrected chi connectivity index (χ1v) is 14.9. The van der Waals surface area contributed by atoms with Gasteiger partial charge < -0.3 is 44.8 Å². The Kier molecular flexibility index (Phi) is 10.9. The molecule has 1 aromatic carbocycles. The molecular weight excluding hydrogens is 606 g/mol. The van der Waals surface area contributed by atoms with Gasteiger partial charge in [-0.2, -0.15) is 0 Å². The van der Waals surface area contributed by atoms with Crippen LogP contribution in [0.5, 0.6) is 5.75 Å². The Labute approximate surface area is 263 Å². The fourth-order valence-electron chi connectivity index (χ4n) is 5.39. The Hall–Kier alpha value is -4.99. The first-order chi connectivity index (χ1) is 21.9. The molecule has 0 radical (unpaired) electrons. The summed E-state index contributed by atoms with van der Waals surface area (Å²) in [5.41, 5.74) is 0.992. The molecule has 2 saturated heterocycles. The van der Waals surface area contributed by atoms with Gasteiger partial charge in [-0.25, -0.2) is 14.6 Å². The lowest BCUT2D eigenvalue weighted by Gasteiger charge is -2.35. The number of amides is 4. The number of ether oxygens (including phenoxy) is 2. The monoisotopic (exact) mass is 643 g/mol. The summed E-state index contributed by atoms with van der Waals surface area (Å²) in [4.78, 5) is 83.1. The molecule has 0 bridgehead atoms. The normalized spacial score (nSPS) is 18.6. The van der Waals surface area contributed by atoms with Crippen molar-refractivity contribution in [1.82, 2.24) is 25.0 Å². The number of aryl methyl sites for hydroxylation is 1. The molecule has 2 aliphatic heterocycles. The van der Waals surface area contributed by atoms with Crippen LogP contribution in [-0.4, -0.2) is 135 Å². The first-order valence-electron chi connectivity index (χ1n) is 14.9. The molecule has 1 aromatic heterocycles. The predicted octanol–water partition coefficient (Wildman–Crippen LogP) is 0.232. The summed E-state index contributed by atoms with van der Waals surface area (Å²) < 4.78 is 10.8. The smallest absolute Gasteiger partial charge is 0.409 e. The molecule has 0 spiro atoms. The maximum atomic E-state index is 13.5. The molecule has 0 unspecified atom stereocenters. The van der Waals surface area contributed by atoms with Gasteiger partial charge >= 0.3 is 18.0 Å². The molecule has 4 rings (SSSR count). The van der Waals surface area contributed by atoms with Crippen LogP contribution < -0.4 is 10.1 Å². The van der Waals surface area contributed by atoms with Gasteiger partial charge in [0.15, 0.2) is 6.61 Å². The molecule has 2 aromatic rings. The molecular formula is C30H37N5O11. The molecule has 4 amide bonds. The number of pyridine rings is 1. The number of aliphatic hydroxyl groups excluding tert-OH is 1. The molecule has 16 heteroatoms.